The van der Waals surface area contributed by atoms with Gasteiger partial charge in [-0.15, -0.1) is 0 Å². The number of anilines is 1. The van der Waals surface area contributed by atoms with Crippen molar-refractivity contribution in [2.75, 3.05) is 38.1 Å². The number of hydrogen-bond acceptors (Lipinski definition) is 4. The molecule has 3 fully saturated rings. The first-order valence-corrected chi connectivity index (χ1v) is 9.98. The Balaban J connectivity index is 1.33. The zero-order valence-electron chi connectivity index (χ0n) is 15.9. The molecule has 3 saturated heterocycles. The number of cyclic esters (lactones) is 1. The second kappa shape index (κ2) is 8.08. The van der Waals surface area contributed by atoms with E-state index in [0.717, 1.165) is 24.9 Å². The van der Waals surface area contributed by atoms with Gasteiger partial charge in [-0.25, -0.2) is 9.59 Å². The van der Waals surface area contributed by atoms with Gasteiger partial charge < -0.3 is 24.8 Å². The molecule has 0 unspecified atom stereocenters. The SMILES string of the molecule is O=C([C@H]1CCCN1C(=O)Nc1ccccc1)N1CCC(N2CCOC2=O)CC1. The van der Waals surface area contributed by atoms with Crippen molar-refractivity contribution in [2.24, 2.45) is 0 Å². The summed E-state index contributed by atoms with van der Waals surface area (Å²) in [6.45, 7) is 2.89. The summed E-state index contributed by atoms with van der Waals surface area (Å²) in [5.74, 6) is 0.0168. The van der Waals surface area contributed by atoms with Crippen molar-refractivity contribution in [2.45, 2.75) is 37.8 Å². The Bertz CT molecular complexity index is 733. The number of hydrogen-bond donors (Lipinski definition) is 1. The number of carbonyl (C=O) groups excluding carboxylic acids is 3. The molecule has 3 heterocycles. The Kier molecular flexibility index (Phi) is 5.36. The number of amides is 4. The maximum Gasteiger partial charge on any atom is 0.410 e. The summed E-state index contributed by atoms with van der Waals surface area (Å²) < 4.78 is 5.02. The summed E-state index contributed by atoms with van der Waals surface area (Å²) in [5, 5.41) is 2.88. The highest BCUT2D eigenvalue weighted by atomic mass is 16.6. The molecule has 8 heteroatoms. The highest BCUT2D eigenvalue weighted by Gasteiger charge is 2.39. The van der Waals surface area contributed by atoms with E-state index < -0.39 is 6.04 Å². The van der Waals surface area contributed by atoms with Gasteiger partial charge in [0.2, 0.25) is 5.91 Å². The van der Waals surface area contributed by atoms with Gasteiger partial charge in [-0.3, -0.25) is 4.79 Å². The molecule has 0 spiro atoms. The molecule has 4 amide bonds. The second-order valence-electron chi connectivity index (χ2n) is 7.51. The quantitative estimate of drug-likeness (QED) is 0.863. The van der Waals surface area contributed by atoms with Crippen LogP contribution in [0.1, 0.15) is 25.7 Å². The molecule has 1 N–H and O–H groups in total. The summed E-state index contributed by atoms with van der Waals surface area (Å²) in [6, 6.07) is 8.79. The Labute approximate surface area is 164 Å². The molecular formula is C20H26N4O4. The first-order valence-electron chi connectivity index (χ1n) is 9.98. The second-order valence-corrected chi connectivity index (χ2v) is 7.51. The molecule has 4 rings (SSSR count). The lowest BCUT2D eigenvalue weighted by molar-refractivity contribution is -0.136. The third-order valence-electron chi connectivity index (χ3n) is 5.83. The number of carbonyl (C=O) groups is 3. The first-order chi connectivity index (χ1) is 13.6. The van der Waals surface area contributed by atoms with Crippen molar-refractivity contribution in [1.29, 1.82) is 0 Å². The summed E-state index contributed by atoms with van der Waals surface area (Å²) >= 11 is 0. The van der Waals surface area contributed by atoms with Crippen LogP contribution in [0.25, 0.3) is 0 Å². The summed E-state index contributed by atoms with van der Waals surface area (Å²) in [5.41, 5.74) is 0.726. The topological polar surface area (TPSA) is 82.2 Å². The molecule has 3 aliphatic heterocycles. The normalized spacial score (nSPS) is 23.1. The third kappa shape index (κ3) is 3.76. The fraction of sp³-hybridized carbons (Fsp3) is 0.550. The monoisotopic (exact) mass is 386 g/mol. The molecule has 0 aliphatic carbocycles. The molecule has 0 radical (unpaired) electrons. The number of nitrogens with one attached hydrogen (secondary N) is 1. The minimum absolute atomic E-state index is 0.0168. The number of piperidine rings is 1. The van der Waals surface area contributed by atoms with Crippen molar-refractivity contribution in [3.63, 3.8) is 0 Å². The molecular weight excluding hydrogens is 360 g/mol. The van der Waals surface area contributed by atoms with Crippen molar-refractivity contribution in [3.8, 4) is 0 Å². The number of nitrogens with zero attached hydrogens (tertiary/aromatic N) is 3. The molecule has 0 saturated carbocycles. The lowest BCUT2D eigenvalue weighted by Gasteiger charge is -2.37. The standard InChI is InChI=1S/C20H26N4O4/c25-18(22-11-8-16(9-12-22)23-13-14-28-20(23)27)17-7-4-10-24(17)19(26)21-15-5-2-1-3-6-15/h1-3,5-6,16-17H,4,7-14H2,(H,21,26)/t17-/m1/s1. The fourth-order valence-corrected chi connectivity index (χ4v) is 4.33. The van der Waals surface area contributed by atoms with Gasteiger partial charge >= 0.3 is 12.1 Å². The predicted octanol–water partition coefficient (Wildman–Crippen LogP) is 2.13. The van der Waals surface area contributed by atoms with Gasteiger partial charge in [-0.05, 0) is 37.8 Å². The molecule has 0 bridgehead atoms. The molecule has 3 aliphatic rings. The van der Waals surface area contributed by atoms with Gasteiger partial charge in [-0.2, -0.15) is 0 Å². The Morgan fingerprint density at radius 3 is 2.43 bits per heavy atom. The van der Waals surface area contributed by atoms with Crippen LogP contribution in [0, 0.1) is 0 Å². The lowest BCUT2D eigenvalue weighted by atomic mass is 10.0. The number of ether oxygens (including phenoxy) is 1. The van der Waals surface area contributed by atoms with Crippen LogP contribution in [0.2, 0.25) is 0 Å². The Morgan fingerprint density at radius 2 is 1.75 bits per heavy atom. The van der Waals surface area contributed by atoms with Crippen molar-refractivity contribution < 1.29 is 19.1 Å². The van der Waals surface area contributed by atoms with Crippen LogP contribution in [0.5, 0.6) is 0 Å². The number of para-hydroxylation sites is 1. The van der Waals surface area contributed by atoms with Crippen molar-refractivity contribution in [3.05, 3.63) is 30.3 Å². The largest absolute Gasteiger partial charge is 0.448 e. The Hall–Kier alpha value is -2.77. The van der Waals surface area contributed by atoms with Crippen LogP contribution in [-0.4, -0.2) is 77.6 Å². The van der Waals surface area contributed by atoms with E-state index in [1.165, 1.54) is 0 Å². The van der Waals surface area contributed by atoms with Crippen LogP contribution in [0.4, 0.5) is 15.3 Å². The van der Waals surface area contributed by atoms with E-state index in [0.29, 0.717) is 39.2 Å². The summed E-state index contributed by atoms with van der Waals surface area (Å²) in [4.78, 5) is 42.7. The summed E-state index contributed by atoms with van der Waals surface area (Å²) in [6.07, 6.45) is 2.78. The third-order valence-corrected chi connectivity index (χ3v) is 5.83. The Morgan fingerprint density at radius 1 is 1.00 bits per heavy atom. The number of benzene rings is 1. The van der Waals surface area contributed by atoms with Crippen LogP contribution in [0.15, 0.2) is 30.3 Å². The van der Waals surface area contributed by atoms with Gasteiger partial charge in [0.1, 0.15) is 12.6 Å². The fourth-order valence-electron chi connectivity index (χ4n) is 4.33. The van der Waals surface area contributed by atoms with E-state index in [4.69, 9.17) is 4.74 Å². The molecule has 1 atom stereocenters. The average molecular weight is 386 g/mol. The van der Waals surface area contributed by atoms with Crippen LogP contribution < -0.4 is 5.32 Å². The molecule has 28 heavy (non-hydrogen) atoms. The molecule has 1 aromatic rings. The van der Waals surface area contributed by atoms with E-state index >= 15 is 0 Å². The van der Waals surface area contributed by atoms with Gasteiger partial charge in [-0.1, -0.05) is 18.2 Å². The van der Waals surface area contributed by atoms with E-state index in [-0.39, 0.29) is 24.1 Å². The maximum absolute atomic E-state index is 13.1. The van der Waals surface area contributed by atoms with Crippen LogP contribution in [0.3, 0.4) is 0 Å². The predicted molar refractivity (Wildman–Crippen MR) is 103 cm³/mol. The maximum atomic E-state index is 13.1. The lowest BCUT2D eigenvalue weighted by Crippen LogP contribution is -2.53. The van der Waals surface area contributed by atoms with E-state index in [9.17, 15) is 14.4 Å². The number of likely N-dealkylation sites (tertiary alicyclic amines) is 2. The van der Waals surface area contributed by atoms with Crippen molar-refractivity contribution in [1.82, 2.24) is 14.7 Å². The highest BCUT2D eigenvalue weighted by molar-refractivity contribution is 5.94. The number of rotatable bonds is 3. The van der Waals surface area contributed by atoms with Gasteiger partial charge in [0, 0.05) is 31.4 Å². The van der Waals surface area contributed by atoms with Gasteiger partial charge in [0.05, 0.1) is 6.54 Å². The average Bonchev–Trinajstić information content (AvgIpc) is 3.37. The molecule has 0 aromatic heterocycles. The first kappa shape index (κ1) is 18.6. The van der Waals surface area contributed by atoms with E-state index in [2.05, 4.69) is 5.32 Å². The van der Waals surface area contributed by atoms with E-state index in [1.807, 2.05) is 35.2 Å². The van der Waals surface area contributed by atoms with Gasteiger partial charge in [0.25, 0.3) is 0 Å². The minimum atomic E-state index is -0.406. The van der Waals surface area contributed by atoms with Crippen molar-refractivity contribution >= 4 is 23.7 Å². The van der Waals surface area contributed by atoms with Crippen LogP contribution in [-0.2, 0) is 9.53 Å². The zero-order chi connectivity index (χ0) is 19.5. The van der Waals surface area contributed by atoms with Crippen LogP contribution >= 0.6 is 0 Å². The highest BCUT2D eigenvalue weighted by Crippen LogP contribution is 2.25. The minimum Gasteiger partial charge on any atom is -0.448 e. The van der Waals surface area contributed by atoms with E-state index in [1.54, 1.807) is 9.80 Å². The number of urea groups is 1. The molecule has 8 nitrogen and oxygen atoms in total. The smallest absolute Gasteiger partial charge is 0.410 e. The van der Waals surface area contributed by atoms with Gasteiger partial charge in [0.15, 0.2) is 0 Å². The summed E-state index contributed by atoms with van der Waals surface area (Å²) in [7, 11) is 0. The zero-order valence-corrected chi connectivity index (χ0v) is 15.9. The molecule has 1 aromatic carbocycles. The molecule has 150 valence electrons.